The zero-order valence-electron chi connectivity index (χ0n) is 12.9. The van der Waals surface area contributed by atoms with E-state index in [1.54, 1.807) is 11.3 Å². The molecule has 0 aliphatic heterocycles. The summed E-state index contributed by atoms with van der Waals surface area (Å²) in [5.41, 5.74) is 4.17. The van der Waals surface area contributed by atoms with Crippen LogP contribution in [0.25, 0.3) is 0 Å². The number of benzene rings is 1. The van der Waals surface area contributed by atoms with Gasteiger partial charge in [0.05, 0.1) is 3.79 Å². The van der Waals surface area contributed by atoms with Gasteiger partial charge in [0, 0.05) is 25.7 Å². The molecular weight excluding hydrogens is 344 g/mol. The molecule has 2 nitrogen and oxygen atoms in total. The van der Waals surface area contributed by atoms with Crippen molar-refractivity contribution in [1.82, 2.24) is 10.2 Å². The molecule has 0 fully saturated rings. The van der Waals surface area contributed by atoms with Crippen LogP contribution in [0.15, 0.2) is 39.5 Å². The molecule has 21 heavy (non-hydrogen) atoms. The smallest absolute Gasteiger partial charge is 0.0701 e. The molecule has 0 saturated carbocycles. The number of hydrogen-bond donors (Lipinski definition) is 1. The second-order valence-electron chi connectivity index (χ2n) is 5.74. The first-order valence-electron chi connectivity index (χ1n) is 7.26. The maximum Gasteiger partial charge on any atom is 0.0701 e. The summed E-state index contributed by atoms with van der Waals surface area (Å²) in [6, 6.07) is 11.4. The predicted octanol–water partition coefficient (Wildman–Crippen LogP) is 4.64. The van der Waals surface area contributed by atoms with E-state index in [1.165, 1.54) is 20.5 Å². The van der Waals surface area contributed by atoms with Gasteiger partial charge in [0.25, 0.3) is 0 Å². The Bertz CT molecular complexity index is 565. The Hall–Kier alpha value is -0.680. The average molecular weight is 367 g/mol. The van der Waals surface area contributed by atoms with E-state index in [1.807, 2.05) is 0 Å². The molecule has 1 N–H and O–H groups in total. The van der Waals surface area contributed by atoms with E-state index in [4.69, 9.17) is 0 Å². The minimum atomic E-state index is 0.513. The molecule has 4 heteroatoms. The van der Waals surface area contributed by atoms with Gasteiger partial charge in [-0.3, -0.25) is 4.90 Å². The molecule has 1 heterocycles. The van der Waals surface area contributed by atoms with Gasteiger partial charge in [-0.1, -0.05) is 38.1 Å². The van der Waals surface area contributed by atoms with Crippen LogP contribution in [0.4, 0.5) is 0 Å². The lowest BCUT2D eigenvalue weighted by atomic mass is 10.1. The van der Waals surface area contributed by atoms with Crippen LogP contribution in [0, 0.1) is 0 Å². The van der Waals surface area contributed by atoms with Gasteiger partial charge in [-0.05, 0) is 51.1 Å². The lowest BCUT2D eigenvalue weighted by Gasteiger charge is -2.19. The lowest BCUT2D eigenvalue weighted by Crippen LogP contribution is -2.24. The third-order valence-electron chi connectivity index (χ3n) is 3.33. The minimum absolute atomic E-state index is 0.513. The Kier molecular flexibility index (Phi) is 6.42. The maximum atomic E-state index is 3.53. The Balaban J connectivity index is 1.98. The molecule has 0 aliphatic rings. The Labute approximate surface area is 140 Å². The van der Waals surface area contributed by atoms with Gasteiger partial charge in [0.2, 0.25) is 0 Å². The Morgan fingerprint density at radius 2 is 1.90 bits per heavy atom. The van der Waals surface area contributed by atoms with Gasteiger partial charge >= 0.3 is 0 Å². The van der Waals surface area contributed by atoms with Gasteiger partial charge in [-0.15, -0.1) is 11.3 Å². The van der Waals surface area contributed by atoms with Crippen LogP contribution in [0.3, 0.4) is 0 Å². The SMILES string of the molecule is CC(C)NCc1ccccc1CN(C)Cc1csc(Br)c1. The fraction of sp³-hybridized carbons (Fsp3) is 0.412. The van der Waals surface area contributed by atoms with Crippen molar-refractivity contribution in [1.29, 1.82) is 0 Å². The number of hydrogen-bond acceptors (Lipinski definition) is 3. The lowest BCUT2D eigenvalue weighted by molar-refractivity contribution is 0.318. The average Bonchev–Trinajstić information content (AvgIpc) is 2.83. The fourth-order valence-electron chi connectivity index (χ4n) is 2.29. The Morgan fingerprint density at radius 1 is 1.19 bits per heavy atom. The van der Waals surface area contributed by atoms with E-state index >= 15 is 0 Å². The number of nitrogens with one attached hydrogen (secondary N) is 1. The minimum Gasteiger partial charge on any atom is -0.310 e. The van der Waals surface area contributed by atoms with Crippen LogP contribution in [-0.2, 0) is 19.6 Å². The van der Waals surface area contributed by atoms with Gasteiger partial charge in [0.15, 0.2) is 0 Å². The van der Waals surface area contributed by atoms with Crippen molar-refractivity contribution in [3.63, 3.8) is 0 Å². The van der Waals surface area contributed by atoms with Crippen molar-refractivity contribution in [2.24, 2.45) is 0 Å². The molecule has 0 saturated heterocycles. The molecular formula is C17H23BrN2S. The molecule has 0 aliphatic carbocycles. The van der Waals surface area contributed by atoms with Gasteiger partial charge in [0.1, 0.15) is 0 Å². The van der Waals surface area contributed by atoms with Crippen LogP contribution in [0.5, 0.6) is 0 Å². The summed E-state index contributed by atoms with van der Waals surface area (Å²) in [6.45, 7) is 7.26. The van der Waals surface area contributed by atoms with Crippen LogP contribution in [0.2, 0.25) is 0 Å². The molecule has 0 radical (unpaired) electrons. The normalized spacial score (nSPS) is 11.5. The third-order valence-corrected chi connectivity index (χ3v) is 4.89. The third kappa shape index (κ3) is 5.55. The molecule has 0 spiro atoms. The zero-order chi connectivity index (χ0) is 15.2. The van der Waals surface area contributed by atoms with Crippen molar-refractivity contribution in [3.8, 4) is 0 Å². The topological polar surface area (TPSA) is 15.3 Å². The highest BCUT2D eigenvalue weighted by atomic mass is 79.9. The van der Waals surface area contributed by atoms with Crippen LogP contribution < -0.4 is 5.32 Å². The first-order valence-corrected chi connectivity index (χ1v) is 8.93. The predicted molar refractivity (Wildman–Crippen MR) is 95.6 cm³/mol. The van der Waals surface area contributed by atoms with Crippen molar-refractivity contribution in [2.75, 3.05) is 7.05 Å². The summed E-state index contributed by atoms with van der Waals surface area (Å²) in [5.74, 6) is 0. The molecule has 1 aromatic carbocycles. The van der Waals surface area contributed by atoms with Crippen molar-refractivity contribution in [2.45, 2.75) is 39.5 Å². The van der Waals surface area contributed by atoms with Crippen molar-refractivity contribution >= 4 is 27.3 Å². The molecule has 0 atom stereocenters. The summed E-state index contributed by atoms with van der Waals surface area (Å²) in [7, 11) is 2.18. The summed E-state index contributed by atoms with van der Waals surface area (Å²) in [5, 5.41) is 5.72. The summed E-state index contributed by atoms with van der Waals surface area (Å²) >= 11 is 5.27. The van der Waals surface area contributed by atoms with Crippen LogP contribution in [-0.4, -0.2) is 18.0 Å². The highest BCUT2D eigenvalue weighted by Gasteiger charge is 2.07. The highest BCUT2D eigenvalue weighted by Crippen LogP contribution is 2.22. The van der Waals surface area contributed by atoms with E-state index in [9.17, 15) is 0 Å². The largest absolute Gasteiger partial charge is 0.310 e. The molecule has 1 aromatic heterocycles. The van der Waals surface area contributed by atoms with E-state index < -0.39 is 0 Å². The first-order chi connectivity index (χ1) is 10.0. The molecule has 0 bridgehead atoms. The monoisotopic (exact) mass is 366 g/mol. The second kappa shape index (κ2) is 8.08. The fourth-order valence-corrected chi connectivity index (χ4v) is 3.49. The second-order valence-corrected chi connectivity index (χ2v) is 8.03. The standard InChI is InChI=1S/C17H23BrN2S/c1-13(2)19-9-15-6-4-5-7-16(15)11-20(3)10-14-8-17(18)21-12-14/h4-8,12-13,19H,9-11H2,1-3H3. The summed E-state index contributed by atoms with van der Waals surface area (Å²) < 4.78 is 1.20. The molecule has 114 valence electrons. The molecule has 0 amide bonds. The van der Waals surface area contributed by atoms with E-state index in [2.05, 4.69) is 82.8 Å². The molecule has 2 aromatic rings. The molecule has 2 rings (SSSR count). The first kappa shape index (κ1) is 16.7. The van der Waals surface area contributed by atoms with E-state index in [0.717, 1.165) is 19.6 Å². The van der Waals surface area contributed by atoms with E-state index in [0.29, 0.717) is 6.04 Å². The number of rotatable bonds is 7. The maximum absolute atomic E-state index is 3.53. The summed E-state index contributed by atoms with van der Waals surface area (Å²) in [4.78, 5) is 2.36. The number of halogens is 1. The Morgan fingerprint density at radius 3 is 2.52 bits per heavy atom. The quantitative estimate of drug-likeness (QED) is 0.767. The van der Waals surface area contributed by atoms with Gasteiger partial charge in [-0.2, -0.15) is 0 Å². The molecule has 0 unspecified atom stereocenters. The van der Waals surface area contributed by atoms with Crippen molar-refractivity contribution < 1.29 is 0 Å². The number of thiophene rings is 1. The van der Waals surface area contributed by atoms with Gasteiger partial charge < -0.3 is 5.32 Å². The zero-order valence-corrected chi connectivity index (χ0v) is 15.3. The number of nitrogens with zero attached hydrogens (tertiary/aromatic N) is 1. The summed E-state index contributed by atoms with van der Waals surface area (Å²) in [6.07, 6.45) is 0. The van der Waals surface area contributed by atoms with Crippen LogP contribution in [0.1, 0.15) is 30.5 Å². The van der Waals surface area contributed by atoms with E-state index in [-0.39, 0.29) is 0 Å². The van der Waals surface area contributed by atoms with Crippen LogP contribution >= 0.6 is 27.3 Å². The van der Waals surface area contributed by atoms with Gasteiger partial charge in [-0.25, -0.2) is 0 Å². The highest BCUT2D eigenvalue weighted by molar-refractivity contribution is 9.11. The van der Waals surface area contributed by atoms with Crippen molar-refractivity contribution in [3.05, 3.63) is 56.2 Å².